The maximum absolute atomic E-state index is 12.8. The first-order valence-electron chi connectivity index (χ1n) is 10.7. The van der Waals surface area contributed by atoms with Gasteiger partial charge < -0.3 is 19.2 Å². The minimum atomic E-state index is -3.63. The van der Waals surface area contributed by atoms with Crippen LogP contribution in [-0.2, 0) is 21.3 Å². The lowest BCUT2D eigenvalue weighted by atomic mass is 10.2. The van der Waals surface area contributed by atoms with Gasteiger partial charge in [-0.2, -0.15) is 4.31 Å². The predicted octanol–water partition coefficient (Wildman–Crippen LogP) is 2.86. The number of rotatable bonds is 8. The van der Waals surface area contributed by atoms with Gasteiger partial charge in [0.2, 0.25) is 10.0 Å². The monoisotopic (exact) mass is 448 g/mol. The summed E-state index contributed by atoms with van der Waals surface area (Å²) in [4.78, 5) is 12.6. The summed E-state index contributed by atoms with van der Waals surface area (Å²) in [7, 11) is -3.63. The third-order valence-electron chi connectivity index (χ3n) is 5.62. The molecule has 0 unspecified atom stereocenters. The molecule has 0 saturated carbocycles. The molecule has 0 spiro atoms. The van der Waals surface area contributed by atoms with E-state index in [0.717, 1.165) is 43.6 Å². The van der Waals surface area contributed by atoms with E-state index in [-0.39, 0.29) is 22.5 Å². The topological polar surface area (TPSA) is 98.1 Å². The first-order valence-corrected chi connectivity index (χ1v) is 12.1. The van der Waals surface area contributed by atoms with Crippen molar-refractivity contribution in [2.24, 2.45) is 0 Å². The Bertz CT molecular complexity index is 1000. The molecule has 0 bridgehead atoms. The number of sulfonamides is 1. The van der Waals surface area contributed by atoms with Crippen LogP contribution in [0.4, 0.5) is 0 Å². The Morgan fingerprint density at radius 1 is 1.19 bits per heavy atom. The van der Waals surface area contributed by atoms with E-state index in [2.05, 4.69) is 5.32 Å². The lowest BCUT2D eigenvalue weighted by molar-refractivity contribution is 0.0679. The quantitative estimate of drug-likeness (QED) is 0.667. The Morgan fingerprint density at radius 3 is 2.61 bits per heavy atom. The fourth-order valence-corrected chi connectivity index (χ4v) is 5.52. The Balaban J connectivity index is 1.32. The summed E-state index contributed by atoms with van der Waals surface area (Å²) in [5, 5.41) is 2.77. The molecule has 9 heteroatoms. The van der Waals surface area contributed by atoms with Crippen LogP contribution in [0, 0.1) is 6.92 Å². The number of hydrogen-bond acceptors (Lipinski definition) is 6. The van der Waals surface area contributed by atoms with Gasteiger partial charge in [0.25, 0.3) is 5.91 Å². The van der Waals surface area contributed by atoms with Crippen LogP contribution < -0.4 is 10.1 Å². The van der Waals surface area contributed by atoms with Gasteiger partial charge in [-0.05, 0) is 50.3 Å². The van der Waals surface area contributed by atoms with E-state index in [1.165, 1.54) is 10.4 Å². The van der Waals surface area contributed by atoms with Crippen molar-refractivity contribution >= 4 is 15.9 Å². The van der Waals surface area contributed by atoms with Crippen molar-refractivity contribution in [2.75, 3.05) is 26.3 Å². The number of hydrogen-bond donors (Lipinski definition) is 1. The van der Waals surface area contributed by atoms with E-state index in [0.29, 0.717) is 26.2 Å². The number of carbonyl (C=O) groups is 1. The van der Waals surface area contributed by atoms with Crippen molar-refractivity contribution in [3.63, 3.8) is 0 Å². The van der Waals surface area contributed by atoms with Gasteiger partial charge >= 0.3 is 0 Å². The second kappa shape index (κ2) is 9.42. The SMILES string of the molecule is Cc1oc(C(=O)NCc2ccc(OC[C@H]3CCCO3)cc2)cc1S(=O)(=O)N1CCCC1. The lowest BCUT2D eigenvalue weighted by Gasteiger charge is -2.14. The van der Waals surface area contributed by atoms with Crippen LogP contribution in [0.3, 0.4) is 0 Å². The van der Waals surface area contributed by atoms with Gasteiger partial charge in [-0.15, -0.1) is 0 Å². The van der Waals surface area contributed by atoms with Gasteiger partial charge in [-0.25, -0.2) is 8.42 Å². The fraction of sp³-hybridized carbons (Fsp3) is 0.500. The van der Waals surface area contributed by atoms with E-state index >= 15 is 0 Å². The molecule has 1 amide bonds. The zero-order chi connectivity index (χ0) is 21.8. The number of furan rings is 1. The molecule has 0 aliphatic carbocycles. The second-order valence-corrected chi connectivity index (χ2v) is 9.82. The average Bonchev–Trinajstić information content (AvgIpc) is 3.53. The summed E-state index contributed by atoms with van der Waals surface area (Å²) in [5.41, 5.74) is 0.894. The van der Waals surface area contributed by atoms with Gasteiger partial charge in [-0.3, -0.25) is 4.79 Å². The fourth-order valence-electron chi connectivity index (χ4n) is 3.84. The van der Waals surface area contributed by atoms with E-state index in [1.807, 2.05) is 24.3 Å². The summed E-state index contributed by atoms with van der Waals surface area (Å²) in [6, 6.07) is 8.78. The van der Waals surface area contributed by atoms with Crippen molar-refractivity contribution in [1.29, 1.82) is 0 Å². The number of aryl methyl sites for hydroxylation is 1. The molecule has 1 N–H and O–H groups in total. The third-order valence-corrected chi connectivity index (χ3v) is 7.62. The molecule has 8 nitrogen and oxygen atoms in total. The molecule has 0 radical (unpaired) electrons. The molecule has 1 aromatic carbocycles. The number of ether oxygens (including phenoxy) is 2. The van der Waals surface area contributed by atoms with Gasteiger partial charge in [0.1, 0.15) is 23.0 Å². The van der Waals surface area contributed by atoms with Gasteiger partial charge in [0, 0.05) is 32.3 Å². The number of nitrogens with one attached hydrogen (secondary N) is 1. The summed E-state index contributed by atoms with van der Waals surface area (Å²) < 4.78 is 43.7. The molecular formula is C22H28N2O6S. The molecule has 2 aliphatic heterocycles. The minimum Gasteiger partial charge on any atom is -0.491 e. The molecule has 3 heterocycles. The maximum Gasteiger partial charge on any atom is 0.287 e. The molecule has 1 atom stereocenters. The van der Waals surface area contributed by atoms with E-state index in [9.17, 15) is 13.2 Å². The molecule has 1 aromatic heterocycles. The second-order valence-electron chi connectivity index (χ2n) is 7.91. The van der Waals surface area contributed by atoms with E-state index < -0.39 is 15.9 Å². The third kappa shape index (κ3) is 5.11. The standard InChI is InChI=1S/C22H28N2O6S/c1-16-21(31(26,27)24-10-2-3-11-24)13-20(30-16)22(25)23-14-17-6-8-18(9-7-17)29-15-19-5-4-12-28-19/h6-9,13,19H,2-5,10-12,14-15H2,1H3,(H,23,25)/t19-/m1/s1. The number of benzene rings is 1. The summed E-state index contributed by atoms with van der Waals surface area (Å²) in [6.45, 7) is 4.20. The van der Waals surface area contributed by atoms with Gasteiger partial charge in [0.05, 0.1) is 6.10 Å². The Labute approximate surface area is 182 Å². The zero-order valence-electron chi connectivity index (χ0n) is 17.6. The lowest BCUT2D eigenvalue weighted by Crippen LogP contribution is -2.28. The zero-order valence-corrected chi connectivity index (χ0v) is 18.4. The highest BCUT2D eigenvalue weighted by Crippen LogP contribution is 2.26. The molecule has 2 saturated heterocycles. The van der Waals surface area contributed by atoms with Crippen molar-refractivity contribution < 1.29 is 27.1 Å². The summed E-state index contributed by atoms with van der Waals surface area (Å²) in [6.07, 6.45) is 3.96. The largest absolute Gasteiger partial charge is 0.491 e. The van der Waals surface area contributed by atoms with Crippen LogP contribution in [0.1, 0.15) is 47.6 Å². The van der Waals surface area contributed by atoms with Gasteiger partial charge in [-0.1, -0.05) is 12.1 Å². The van der Waals surface area contributed by atoms with Crippen LogP contribution in [0.5, 0.6) is 5.75 Å². The Hall–Kier alpha value is -2.36. The van der Waals surface area contributed by atoms with Crippen LogP contribution >= 0.6 is 0 Å². The predicted molar refractivity (Wildman–Crippen MR) is 114 cm³/mol. The molecule has 4 rings (SSSR count). The maximum atomic E-state index is 12.8. The molecule has 2 aromatic rings. The normalized spacial score (nSPS) is 19.6. The number of carbonyl (C=O) groups excluding carboxylic acids is 1. The molecular weight excluding hydrogens is 420 g/mol. The minimum absolute atomic E-state index is 0.00760. The van der Waals surface area contributed by atoms with Crippen LogP contribution in [0.15, 0.2) is 39.6 Å². The Morgan fingerprint density at radius 2 is 1.94 bits per heavy atom. The van der Waals surface area contributed by atoms with E-state index in [1.54, 1.807) is 6.92 Å². The molecule has 2 fully saturated rings. The van der Waals surface area contributed by atoms with Crippen LogP contribution in [-0.4, -0.2) is 51.0 Å². The number of amides is 1. The van der Waals surface area contributed by atoms with E-state index in [4.69, 9.17) is 13.9 Å². The highest BCUT2D eigenvalue weighted by Gasteiger charge is 2.31. The first kappa shape index (κ1) is 21.9. The molecule has 168 valence electrons. The van der Waals surface area contributed by atoms with Crippen molar-refractivity contribution in [1.82, 2.24) is 9.62 Å². The number of nitrogens with zero attached hydrogens (tertiary/aromatic N) is 1. The van der Waals surface area contributed by atoms with Crippen molar-refractivity contribution in [2.45, 2.75) is 50.2 Å². The first-order chi connectivity index (χ1) is 14.9. The summed E-state index contributed by atoms with van der Waals surface area (Å²) in [5.74, 6) is 0.519. The molecule has 31 heavy (non-hydrogen) atoms. The van der Waals surface area contributed by atoms with Gasteiger partial charge in [0.15, 0.2) is 5.76 Å². The summed E-state index contributed by atoms with van der Waals surface area (Å²) >= 11 is 0. The highest BCUT2D eigenvalue weighted by molar-refractivity contribution is 7.89. The van der Waals surface area contributed by atoms with Crippen LogP contribution in [0.2, 0.25) is 0 Å². The highest BCUT2D eigenvalue weighted by atomic mass is 32.2. The Kier molecular flexibility index (Phi) is 6.64. The van der Waals surface area contributed by atoms with Crippen LogP contribution in [0.25, 0.3) is 0 Å². The average molecular weight is 449 g/mol. The van der Waals surface area contributed by atoms with Crippen molar-refractivity contribution in [3.8, 4) is 5.75 Å². The smallest absolute Gasteiger partial charge is 0.287 e. The molecule has 2 aliphatic rings. The van der Waals surface area contributed by atoms with Crippen molar-refractivity contribution in [3.05, 3.63) is 47.4 Å².